The quantitative estimate of drug-likeness (QED) is 0.254. The molecule has 1 aromatic rings. The largest absolute Gasteiger partial charge is 0.394 e. The minimum absolute atomic E-state index is 0.152. The van der Waals surface area contributed by atoms with Gasteiger partial charge in [0.15, 0.2) is 0 Å². The number of para-hydroxylation sites is 1. The topological polar surface area (TPSA) is 90.4 Å². The van der Waals surface area contributed by atoms with Crippen LogP contribution in [-0.4, -0.2) is 87.5 Å². The van der Waals surface area contributed by atoms with Crippen LogP contribution in [0.15, 0.2) is 43.5 Å². The zero-order chi connectivity index (χ0) is 30.9. The van der Waals surface area contributed by atoms with Crippen LogP contribution >= 0.6 is 15.9 Å². The molecule has 0 saturated carbocycles. The Kier molecular flexibility index (Phi) is 10.1. The van der Waals surface area contributed by atoms with Gasteiger partial charge in [0.2, 0.25) is 11.8 Å². The van der Waals surface area contributed by atoms with Gasteiger partial charge in [0.05, 0.1) is 30.6 Å². The molecule has 4 rings (SSSR count). The molecule has 230 valence electrons. The number of likely N-dealkylation sites (tertiary alicyclic amines) is 1. The Bertz CT molecular complexity index is 1200. The van der Waals surface area contributed by atoms with Crippen molar-refractivity contribution >= 4 is 39.3 Å². The lowest BCUT2D eigenvalue weighted by atomic mass is 9.70. The molecule has 1 spiro atoms. The summed E-state index contributed by atoms with van der Waals surface area (Å²) >= 11 is 3.77. The van der Waals surface area contributed by atoms with E-state index in [1.807, 2.05) is 52.8 Å². The molecule has 3 amide bonds. The first-order chi connectivity index (χ1) is 20.0. The minimum atomic E-state index is -1.21. The standard InChI is InChI=1S/C33H46BrN3O5/c1-8-14-35(15-9-2)30(39)25-26-31(40)37(23(19-38)17-20(4)5)29(33(26)18-24(34)28(25)42-33)32(41)36(16-10-3)27-21(6)12-11-13-22(27)7/h8,10-13,20,23-26,28-29,38H,1,3,9,14-19H2,2,4-7H3/t23-,24?,25+,26+,28+,29?,33?/m1/s1. The Morgan fingerprint density at radius 2 is 1.83 bits per heavy atom. The van der Waals surface area contributed by atoms with E-state index in [2.05, 4.69) is 29.1 Å². The number of aryl methyl sites for hydroxylation is 2. The molecule has 1 N–H and O–H groups in total. The number of hydrogen-bond acceptors (Lipinski definition) is 5. The molecule has 1 aromatic carbocycles. The van der Waals surface area contributed by atoms with Crippen molar-refractivity contribution in [2.24, 2.45) is 17.8 Å². The molecule has 3 aliphatic heterocycles. The molecule has 2 bridgehead atoms. The average molecular weight is 645 g/mol. The number of benzene rings is 1. The fourth-order valence-electron chi connectivity index (χ4n) is 7.57. The number of carbonyl (C=O) groups excluding carboxylic acids is 3. The number of halogens is 1. The molecule has 0 aliphatic carbocycles. The van der Waals surface area contributed by atoms with Crippen molar-refractivity contribution in [3.8, 4) is 0 Å². The van der Waals surface area contributed by atoms with E-state index in [1.165, 1.54) is 0 Å². The lowest BCUT2D eigenvalue weighted by Gasteiger charge is -2.40. The van der Waals surface area contributed by atoms with Crippen LogP contribution in [0.4, 0.5) is 5.69 Å². The fraction of sp³-hybridized carbons (Fsp3) is 0.606. The van der Waals surface area contributed by atoms with Gasteiger partial charge in [0, 0.05) is 30.1 Å². The number of ether oxygens (including phenoxy) is 1. The predicted octanol–water partition coefficient (Wildman–Crippen LogP) is 4.40. The number of aliphatic hydroxyl groups excluding tert-OH is 1. The Balaban J connectivity index is 1.88. The first-order valence-corrected chi connectivity index (χ1v) is 16.0. The lowest BCUT2D eigenvalue weighted by Crippen LogP contribution is -2.59. The molecule has 3 saturated heterocycles. The van der Waals surface area contributed by atoms with Crippen molar-refractivity contribution in [1.29, 1.82) is 0 Å². The van der Waals surface area contributed by atoms with Crippen LogP contribution in [0.3, 0.4) is 0 Å². The summed E-state index contributed by atoms with van der Waals surface area (Å²) in [7, 11) is 0. The highest BCUT2D eigenvalue weighted by molar-refractivity contribution is 9.09. The van der Waals surface area contributed by atoms with E-state index in [0.29, 0.717) is 25.9 Å². The first kappa shape index (κ1) is 32.4. The summed E-state index contributed by atoms with van der Waals surface area (Å²) in [5, 5.41) is 10.6. The van der Waals surface area contributed by atoms with Gasteiger partial charge in [-0.3, -0.25) is 14.4 Å². The Hall–Kier alpha value is -2.49. The van der Waals surface area contributed by atoms with Crippen molar-refractivity contribution < 1.29 is 24.2 Å². The maximum absolute atomic E-state index is 14.9. The summed E-state index contributed by atoms with van der Waals surface area (Å²) in [5.41, 5.74) is 1.42. The highest BCUT2D eigenvalue weighted by atomic mass is 79.9. The Labute approximate surface area is 258 Å². The van der Waals surface area contributed by atoms with Crippen molar-refractivity contribution in [1.82, 2.24) is 9.80 Å². The molecule has 42 heavy (non-hydrogen) atoms. The molecule has 9 heteroatoms. The summed E-state index contributed by atoms with van der Waals surface area (Å²) in [6.45, 7) is 18.6. The lowest BCUT2D eigenvalue weighted by molar-refractivity contribution is -0.147. The molecule has 3 fully saturated rings. The number of fused-ring (bicyclic) bond motifs is 1. The smallest absolute Gasteiger partial charge is 0.253 e. The first-order valence-electron chi connectivity index (χ1n) is 15.1. The van der Waals surface area contributed by atoms with Crippen molar-refractivity contribution in [3.63, 3.8) is 0 Å². The molecule has 8 nitrogen and oxygen atoms in total. The molecule has 3 aliphatic rings. The van der Waals surface area contributed by atoms with Crippen LogP contribution in [0.5, 0.6) is 0 Å². The normalized spacial score (nSPS) is 28.6. The Morgan fingerprint density at radius 1 is 1.19 bits per heavy atom. The zero-order valence-corrected chi connectivity index (χ0v) is 27.2. The number of aliphatic hydroxyl groups is 1. The molecule has 0 aromatic heterocycles. The second-order valence-electron chi connectivity index (χ2n) is 12.4. The van der Waals surface area contributed by atoms with Crippen LogP contribution in [0.2, 0.25) is 0 Å². The number of rotatable bonds is 13. The summed E-state index contributed by atoms with van der Waals surface area (Å²) in [5.74, 6) is -2.13. The van der Waals surface area contributed by atoms with E-state index in [4.69, 9.17) is 4.74 Å². The van der Waals surface area contributed by atoms with Crippen LogP contribution in [0.1, 0.15) is 51.2 Å². The van der Waals surface area contributed by atoms with Gasteiger partial charge >= 0.3 is 0 Å². The third kappa shape index (κ3) is 5.37. The maximum Gasteiger partial charge on any atom is 0.253 e. The third-order valence-electron chi connectivity index (χ3n) is 9.04. The predicted molar refractivity (Wildman–Crippen MR) is 168 cm³/mol. The van der Waals surface area contributed by atoms with Gasteiger partial charge in [-0.15, -0.1) is 13.2 Å². The minimum Gasteiger partial charge on any atom is -0.394 e. The maximum atomic E-state index is 14.9. The van der Waals surface area contributed by atoms with E-state index in [0.717, 1.165) is 23.2 Å². The van der Waals surface area contributed by atoms with Gasteiger partial charge in [0.1, 0.15) is 11.6 Å². The monoisotopic (exact) mass is 643 g/mol. The van der Waals surface area contributed by atoms with E-state index >= 15 is 0 Å². The van der Waals surface area contributed by atoms with Gasteiger partial charge in [-0.1, -0.05) is 67.1 Å². The highest BCUT2D eigenvalue weighted by Crippen LogP contribution is 2.61. The van der Waals surface area contributed by atoms with E-state index in [1.54, 1.807) is 26.9 Å². The van der Waals surface area contributed by atoms with Crippen LogP contribution in [-0.2, 0) is 19.1 Å². The van der Waals surface area contributed by atoms with Gasteiger partial charge < -0.3 is 24.5 Å². The SMILES string of the molecule is C=CCN(CCC)C(=O)[C@H]1[C@H]2C(=O)N([C@@H](CO)CC(C)C)C(C(=O)N(CC=C)c3c(C)cccc3C)C23CC(Br)[C@@H]1O3. The number of alkyl halides is 1. The summed E-state index contributed by atoms with van der Waals surface area (Å²) in [6, 6.07) is 4.27. The van der Waals surface area contributed by atoms with Crippen molar-refractivity contribution in [2.45, 2.75) is 82.5 Å². The average Bonchev–Trinajstić information content (AvgIpc) is 3.53. The summed E-state index contributed by atoms with van der Waals surface area (Å²) < 4.78 is 6.76. The van der Waals surface area contributed by atoms with E-state index in [9.17, 15) is 19.5 Å². The van der Waals surface area contributed by atoms with Crippen LogP contribution in [0.25, 0.3) is 0 Å². The van der Waals surface area contributed by atoms with Gasteiger partial charge in [0.25, 0.3) is 5.91 Å². The van der Waals surface area contributed by atoms with E-state index in [-0.39, 0.29) is 41.6 Å². The molecule has 3 unspecified atom stereocenters. The number of nitrogens with zero attached hydrogens (tertiary/aromatic N) is 3. The third-order valence-corrected chi connectivity index (χ3v) is 9.88. The van der Waals surface area contributed by atoms with Crippen molar-refractivity contribution in [3.05, 3.63) is 54.6 Å². The second-order valence-corrected chi connectivity index (χ2v) is 13.6. The van der Waals surface area contributed by atoms with Gasteiger partial charge in [-0.25, -0.2) is 0 Å². The molecule has 0 radical (unpaired) electrons. The second kappa shape index (κ2) is 13.0. The highest BCUT2D eigenvalue weighted by Gasteiger charge is 2.77. The molecular formula is C33H46BrN3O5. The number of anilines is 1. The number of amides is 3. The zero-order valence-electron chi connectivity index (χ0n) is 25.6. The number of carbonyl (C=O) groups is 3. The molecule has 3 heterocycles. The van der Waals surface area contributed by atoms with Crippen LogP contribution < -0.4 is 4.90 Å². The summed E-state index contributed by atoms with van der Waals surface area (Å²) in [6.07, 6.45) is 4.52. The number of hydrogen-bond donors (Lipinski definition) is 1. The fourth-order valence-corrected chi connectivity index (χ4v) is 8.51. The van der Waals surface area contributed by atoms with Gasteiger partial charge in [-0.2, -0.15) is 0 Å². The van der Waals surface area contributed by atoms with E-state index < -0.39 is 35.6 Å². The summed E-state index contributed by atoms with van der Waals surface area (Å²) in [4.78, 5) is 48.5. The molecular weight excluding hydrogens is 598 g/mol. The Morgan fingerprint density at radius 3 is 2.38 bits per heavy atom. The van der Waals surface area contributed by atoms with Crippen molar-refractivity contribution in [2.75, 3.05) is 31.1 Å². The molecule has 7 atom stereocenters. The van der Waals surface area contributed by atoms with Gasteiger partial charge in [-0.05, 0) is 50.2 Å². The van der Waals surface area contributed by atoms with Crippen LogP contribution in [0, 0.1) is 31.6 Å².